The summed E-state index contributed by atoms with van der Waals surface area (Å²) in [5.41, 5.74) is 11.0. The molecular formula is C14H14N2S. The summed E-state index contributed by atoms with van der Waals surface area (Å²) in [5.74, 6) is 0. The Kier molecular flexibility index (Phi) is 2.91. The molecule has 2 aromatic rings. The number of benzene rings is 1. The Balaban J connectivity index is 2.69. The molecule has 0 bridgehead atoms. The average Bonchev–Trinajstić information content (AvgIpc) is 2.57. The SMILES string of the molecule is Cc1ccc(-c2c(C)sc(N)c2C#N)cc1C. The fourth-order valence-electron chi connectivity index (χ4n) is 1.92. The minimum atomic E-state index is 0.607. The van der Waals surface area contributed by atoms with Gasteiger partial charge in [-0.2, -0.15) is 5.26 Å². The third-order valence-electron chi connectivity index (χ3n) is 3.02. The van der Waals surface area contributed by atoms with Crippen LogP contribution < -0.4 is 5.73 Å². The molecule has 2 N–H and O–H groups in total. The maximum atomic E-state index is 9.17. The Hall–Kier alpha value is -1.79. The van der Waals surface area contributed by atoms with Gasteiger partial charge in [0.25, 0.3) is 0 Å². The van der Waals surface area contributed by atoms with Gasteiger partial charge in [-0.1, -0.05) is 18.2 Å². The van der Waals surface area contributed by atoms with Gasteiger partial charge in [0.15, 0.2) is 0 Å². The van der Waals surface area contributed by atoms with Gasteiger partial charge in [0.2, 0.25) is 0 Å². The van der Waals surface area contributed by atoms with Crippen molar-refractivity contribution >= 4 is 16.3 Å². The fourth-order valence-corrected chi connectivity index (χ4v) is 2.82. The van der Waals surface area contributed by atoms with Crippen molar-refractivity contribution in [2.75, 3.05) is 5.73 Å². The maximum absolute atomic E-state index is 9.17. The van der Waals surface area contributed by atoms with Crippen LogP contribution in [-0.4, -0.2) is 0 Å². The minimum Gasteiger partial charge on any atom is -0.389 e. The molecule has 2 rings (SSSR count). The molecule has 3 heteroatoms. The number of hydrogen-bond acceptors (Lipinski definition) is 3. The van der Waals surface area contributed by atoms with Crippen molar-refractivity contribution in [1.82, 2.24) is 0 Å². The number of nitrogen functional groups attached to an aromatic ring is 1. The van der Waals surface area contributed by atoms with Crippen LogP contribution in [0.3, 0.4) is 0 Å². The van der Waals surface area contributed by atoms with Gasteiger partial charge >= 0.3 is 0 Å². The highest BCUT2D eigenvalue weighted by Gasteiger charge is 2.15. The fraction of sp³-hybridized carbons (Fsp3) is 0.214. The summed E-state index contributed by atoms with van der Waals surface area (Å²) in [5, 5.41) is 9.78. The predicted molar refractivity (Wildman–Crippen MR) is 73.1 cm³/mol. The minimum absolute atomic E-state index is 0.607. The van der Waals surface area contributed by atoms with Gasteiger partial charge in [-0.15, -0.1) is 11.3 Å². The van der Waals surface area contributed by atoms with E-state index in [9.17, 15) is 5.26 Å². The van der Waals surface area contributed by atoms with Crippen molar-refractivity contribution < 1.29 is 0 Å². The predicted octanol–water partition coefficient (Wildman–Crippen LogP) is 3.79. The normalized spacial score (nSPS) is 10.2. The summed E-state index contributed by atoms with van der Waals surface area (Å²) in [7, 11) is 0. The lowest BCUT2D eigenvalue weighted by molar-refractivity contribution is 1.34. The van der Waals surface area contributed by atoms with Crippen LogP contribution in [0.2, 0.25) is 0 Å². The molecule has 0 atom stereocenters. The molecule has 86 valence electrons. The van der Waals surface area contributed by atoms with E-state index in [1.54, 1.807) is 0 Å². The Labute approximate surface area is 105 Å². The summed E-state index contributed by atoms with van der Waals surface area (Å²) >= 11 is 1.48. The molecule has 1 aromatic carbocycles. The summed E-state index contributed by atoms with van der Waals surface area (Å²) in [6, 6.07) is 8.45. The van der Waals surface area contributed by atoms with E-state index in [0.717, 1.165) is 16.0 Å². The number of anilines is 1. The number of nitrogens with zero attached hydrogens (tertiary/aromatic N) is 1. The zero-order chi connectivity index (χ0) is 12.6. The van der Waals surface area contributed by atoms with E-state index in [4.69, 9.17) is 5.73 Å². The number of aryl methyl sites for hydroxylation is 3. The molecule has 0 aliphatic rings. The van der Waals surface area contributed by atoms with E-state index >= 15 is 0 Å². The Morgan fingerprint density at radius 1 is 1.18 bits per heavy atom. The van der Waals surface area contributed by atoms with Crippen molar-refractivity contribution in [3.8, 4) is 17.2 Å². The van der Waals surface area contributed by atoms with E-state index < -0.39 is 0 Å². The molecule has 0 spiro atoms. The van der Waals surface area contributed by atoms with Gasteiger partial charge in [-0.25, -0.2) is 0 Å². The van der Waals surface area contributed by atoms with Crippen LogP contribution in [0.5, 0.6) is 0 Å². The molecule has 0 amide bonds. The molecule has 0 fully saturated rings. The highest BCUT2D eigenvalue weighted by molar-refractivity contribution is 7.16. The molecule has 17 heavy (non-hydrogen) atoms. The second-order valence-electron chi connectivity index (χ2n) is 4.18. The lowest BCUT2D eigenvalue weighted by Crippen LogP contribution is -1.88. The summed E-state index contributed by atoms with van der Waals surface area (Å²) in [4.78, 5) is 1.10. The molecule has 2 nitrogen and oxygen atoms in total. The lowest BCUT2D eigenvalue weighted by Gasteiger charge is -2.05. The van der Waals surface area contributed by atoms with Crippen LogP contribution in [-0.2, 0) is 0 Å². The van der Waals surface area contributed by atoms with E-state index in [0.29, 0.717) is 10.6 Å². The van der Waals surface area contributed by atoms with Gasteiger partial charge in [0.1, 0.15) is 11.1 Å². The van der Waals surface area contributed by atoms with E-state index in [2.05, 4.69) is 38.1 Å². The maximum Gasteiger partial charge on any atom is 0.105 e. The van der Waals surface area contributed by atoms with Crippen molar-refractivity contribution in [3.05, 3.63) is 39.8 Å². The molecule has 0 saturated heterocycles. The molecule has 1 aromatic heterocycles. The van der Waals surface area contributed by atoms with Crippen LogP contribution in [0.25, 0.3) is 11.1 Å². The number of hydrogen-bond donors (Lipinski definition) is 1. The van der Waals surface area contributed by atoms with Crippen molar-refractivity contribution in [1.29, 1.82) is 5.26 Å². The summed E-state index contributed by atoms with van der Waals surface area (Å²) < 4.78 is 0. The van der Waals surface area contributed by atoms with Crippen molar-refractivity contribution in [2.45, 2.75) is 20.8 Å². The van der Waals surface area contributed by atoms with Crippen LogP contribution >= 0.6 is 11.3 Å². The van der Waals surface area contributed by atoms with Gasteiger partial charge < -0.3 is 5.73 Å². The number of thiophene rings is 1. The highest BCUT2D eigenvalue weighted by atomic mass is 32.1. The largest absolute Gasteiger partial charge is 0.389 e. The second kappa shape index (κ2) is 4.23. The molecule has 0 radical (unpaired) electrons. The third-order valence-corrected chi connectivity index (χ3v) is 3.95. The molecule has 0 saturated carbocycles. The van der Waals surface area contributed by atoms with E-state index in [-0.39, 0.29) is 0 Å². The molecular weight excluding hydrogens is 228 g/mol. The smallest absolute Gasteiger partial charge is 0.105 e. The monoisotopic (exact) mass is 242 g/mol. The Morgan fingerprint density at radius 3 is 2.47 bits per heavy atom. The van der Waals surface area contributed by atoms with Crippen LogP contribution in [0.1, 0.15) is 21.6 Å². The number of nitriles is 1. The van der Waals surface area contributed by atoms with Crippen LogP contribution in [0.15, 0.2) is 18.2 Å². The first-order chi connectivity index (χ1) is 8.04. The van der Waals surface area contributed by atoms with E-state index in [1.807, 2.05) is 6.92 Å². The first kappa shape index (κ1) is 11.7. The first-order valence-electron chi connectivity index (χ1n) is 5.41. The number of nitrogens with two attached hydrogens (primary N) is 1. The number of rotatable bonds is 1. The molecule has 0 aliphatic heterocycles. The molecule has 0 unspecified atom stereocenters. The quantitative estimate of drug-likeness (QED) is 0.827. The molecule has 1 heterocycles. The van der Waals surface area contributed by atoms with Crippen molar-refractivity contribution in [3.63, 3.8) is 0 Å². The zero-order valence-corrected chi connectivity index (χ0v) is 11.0. The van der Waals surface area contributed by atoms with Gasteiger partial charge in [-0.05, 0) is 37.5 Å². The summed E-state index contributed by atoms with van der Waals surface area (Å²) in [6.07, 6.45) is 0. The lowest BCUT2D eigenvalue weighted by atomic mass is 9.98. The van der Waals surface area contributed by atoms with Gasteiger partial charge in [-0.3, -0.25) is 0 Å². The van der Waals surface area contributed by atoms with E-state index in [1.165, 1.54) is 22.5 Å². The topological polar surface area (TPSA) is 49.8 Å². The van der Waals surface area contributed by atoms with Crippen molar-refractivity contribution in [2.24, 2.45) is 0 Å². The zero-order valence-electron chi connectivity index (χ0n) is 10.2. The average molecular weight is 242 g/mol. The Bertz CT molecular complexity index is 618. The van der Waals surface area contributed by atoms with Crippen LogP contribution in [0, 0.1) is 32.1 Å². The van der Waals surface area contributed by atoms with Crippen LogP contribution in [0.4, 0.5) is 5.00 Å². The second-order valence-corrected chi connectivity index (χ2v) is 5.44. The third kappa shape index (κ3) is 1.92. The first-order valence-corrected chi connectivity index (χ1v) is 6.23. The molecule has 0 aliphatic carbocycles. The summed E-state index contributed by atoms with van der Waals surface area (Å²) in [6.45, 7) is 6.17. The van der Waals surface area contributed by atoms with Gasteiger partial charge in [0, 0.05) is 10.4 Å². The van der Waals surface area contributed by atoms with Gasteiger partial charge in [0.05, 0.1) is 5.56 Å². The highest BCUT2D eigenvalue weighted by Crippen LogP contribution is 2.37. The Morgan fingerprint density at radius 2 is 1.88 bits per heavy atom. The standard InChI is InChI=1S/C14H14N2S/c1-8-4-5-11(6-9(8)2)13-10(3)17-14(16)12(13)7-15/h4-6H,16H2,1-3H3.